The van der Waals surface area contributed by atoms with Crippen molar-refractivity contribution < 1.29 is 13.6 Å². The molecule has 6 heteroatoms. The van der Waals surface area contributed by atoms with Crippen molar-refractivity contribution in [3.63, 3.8) is 0 Å². The summed E-state index contributed by atoms with van der Waals surface area (Å²) < 4.78 is 19.6. The summed E-state index contributed by atoms with van der Waals surface area (Å²) in [6.07, 6.45) is 0.900. The smallest absolute Gasteiger partial charge is 0.290 e. The Hall–Kier alpha value is -2.99. The van der Waals surface area contributed by atoms with Crippen LogP contribution in [-0.2, 0) is 6.42 Å². The van der Waals surface area contributed by atoms with Crippen LogP contribution in [0.4, 0.5) is 4.39 Å². The number of amides is 1. The van der Waals surface area contributed by atoms with E-state index in [1.165, 1.54) is 23.8 Å². The molecule has 0 N–H and O–H groups in total. The number of rotatable bonds is 5. The summed E-state index contributed by atoms with van der Waals surface area (Å²) in [6.45, 7) is 3.16. The molecule has 1 aliphatic heterocycles. The van der Waals surface area contributed by atoms with Gasteiger partial charge in [-0.05, 0) is 49.8 Å². The second kappa shape index (κ2) is 7.44. The minimum Gasteiger partial charge on any atom is -0.450 e. The molecule has 3 aromatic rings. The van der Waals surface area contributed by atoms with E-state index in [0.29, 0.717) is 13.1 Å². The van der Waals surface area contributed by atoms with E-state index >= 15 is 0 Å². The van der Waals surface area contributed by atoms with Crippen LogP contribution >= 0.6 is 0 Å². The van der Waals surface area contributed by atoms with Gasteiger partial charge in [0, 0.05) is 13.1 Å². The van der Waals surface area contributed by atoms with Crippen LogP contribution in [0.2, 0.25) is 0 Å². The Labute approximate surface area is 168 Å². The van der Waals surface area contributed by atoms with E-state index < -0.39 is 11.9 Å². The van der Waals surface area contributed by atoms with E-state index in [0.717, 1.165) is 12.0 Å². The lowest BCUT2D eigenvalue weighted by Crippen LogP contribution is -2.35. The van der Waals surface area contributed by atoms with Gasteiger partial charge < -0.3 is 14.2 Å². The lowest BCUT2D eigenvalue weighted by Gasteiger charge is -2.26. The van der Waals surface area contributed by atoms with Gasteiger partial charge in [0.05, 0.1) is 17.0 Å². The number of carbonyl (C=O) groups is 1. The number of fused-ring (bicyclic) bond motifs is 2. The molecule has 0 saturated carbocycles. The first kappa shape index (κ1) is 19.3. The zero-order chi connectivity index (χ0) is 20.7. The molecule has 1 amide bonds. The molecule has 1 unspecified atom stereocenters. The number of carbonyl (C=O) groups excluding carboxylic acids is 1. The number of hydrogen-bond donors (Lipinski definition) is 0. The first-order valence-electron chi connectivity index (χ1n) is 9.71. The predicted molar refractivity (Wildman–Crippen MR) is 110 cm³/mol. The minimum absolute atomic E-state index is 0.0532. The Morgan fingerprint density at radius 1 is 1.10 bits per heavy atom. The number of aryl methyl sites for hydroxylation is 1. The molecular formula is C23H23FN2O3. The summed E-state index contributed by atoms with van der Waals surface area (Å²) in [6, 6.07) is 11.1. The van der Waals surface area contributed by atoms with E-state index in [2.05, 4.69) is 6.92 Å². The van der Waals surface area contributed by atoms with Gasteiger partial charge in [-0.3, -0.25) is 9.59 Å². The van der Waals surface area contributed by atoms with Gasteiger partial charge >= 0.3 is 0 Å². The van der Waals surface area contributed by atoms with Crippen molar-refractivity contribution in [3.8, 4) is 0 Å². The van der Waals surface area contributed by atoms with Gasteiger partial charge in [-0.25, -0.2) is 4.39 Å². The predicted octanol–water partition coefficient (Wildman–Crippen LogP) is 3.60. The van der Waals surface area contributed by atoms with Crippen LogP contribution in [0.25, 0.3) is 11.0 Å². The Morgan fingerprint density at radius 2 is 1.83 bits per heavy atom. The van der Waals surface area contributed by atoms with E-state index in [-0.39, 0.29) is 33.6 Å². The maximum atomic E-state index is 13.8. The van der Waals surface area contributed by atoms with Crippen LogP contribution < -0.4 is 5.43 Å². The number of hydrogen-bond acceptors (Lipinski definition) is 4. The van der Waals surface area contributed by atoms with Crippen LogP contribution in [0.1, 0.15) is 40.2 Å². The first-order valence-corrected chi connectivity index (χ1v) is 9.71. The maximum absolute atomic E-state index is 13.8. The highest BCUT2D eigenvalue weighted by Crippen LogP contribution is 2.38. The number of halogens is 1. The molecule has 150 valence electrons. The fraction of sp³-hybridized carbons (Fsp3) is 0.304. The zero-order valence-corrected chi connectivity index (χ0v) is 16.7. The molecule has 0 bridgehead atoms. The highest BCUT2D eigenvalue weighted by molar-refractivity contribution is 5.99. The highest BCUT2D eigenvalue weighted by atomic mass is 19.1. The van der Waals surface area contributed by atoms with Crippen LogP contribution in [-0.4, -0.2) is 42.9 Å². The molecular weight excluding hydrogens is 371 g/mol. The molecule has 2 aromatic carbocycles. The van der Waals surface area contributed by atoms with E-state index in [1.807, 2.05) is 43.3 Å². The van der Waals surface area contributed by atoms with Gasteiger partial charge in [-0.2, -0.15) is 0 Å². The van der Waals surface area contributed by atoms with E-state index in [9.17, 15) is 14.0 Å². The van der Waals surface area contributed by atoms with E-state index in [4.69, 9.17) is 4.42 Å². The minimum atomic E-state index is -0.549. The Morgan fingerprint density at radius 3 is 2.48 bits per heavy atom. The molecule has 0 saturated heterocycles. The number of benzene rings is 2. The molecule has 5 nitrogen and oxygen atoms in total. The van der Waals surface area contributed by atoms with Crippen molar-refractivity contribution in [2.75, 3.05) is 27.2 Å². The number of nitrogens with zero attached hydrogens (tertiary/aromatic N) is 2. The Balaban J connectivity index is 1.92. The molecule has 1 aliphatic rings. The van der Waals surface area contributed by atoms with Crippen molar-refractivity contribution in [2.24, 2.45) is 0 Å². The van der Waals surface area contributed by atoms with Gasteiger partial charge in [0.1, 0.15) is 11.4 Å². The second-order valence-corrected chi connectivity index (χ2v) is 7.61. The Bertz CT molecular complexity index is 1140. The molecule has 0 spiro atoms. The molecule has 0 aliphatic carbocycles. The maximum Gasteiger partial charge on any atom is 0.290 e. The summed E-state index contributed by atoms with van der Waals surface area (Å²) in [4.78, 5) is 30.1. The molecule has 4 rings (SSSR count). The van der Waals surface area contributed by atoms with Gasteiger partial charge in [-0.1, -0.05) is 31.2 Å². The van der Waals surface area contributed by atoms with Gasteiger partial charge in [-0.15, -0.1) is 0 Å². The largest absolute Gasteiger partial charge is 0.450 e. The quantitative estimate of drug-likeness (QED) is 0.664. The average Bonchev–Trinajstić information content (AvgIpc) is 2.99. The fourth-order valence-corrected chi connectivity index (χ4v) is 3.81. The standard InChI is InChI=1S/C23H23FN2O3/c1-4-14-5-7-15(8-6-14)20-19-21(27)17-13-16(24)9-10-18(17)29-22(19)23(28)26(20)12-11-25(2)3/h5-10,13,20H,4,11-12H2,1-3H3. The van der Waals surface area contributed by atoms with Gasteiger partial charge in [0.2, 0.25) is 5.76 Å². The lowest BCUT2D eigenvalue weighted by molar-refractivity contribution is 0.0716. The van der Waals surface area contributed by atoms with Crippen molar-refractivity contribution in [3.05, 3.63) is 81.0 Å². The SMILES string of the molecule is CCc1ccc(C2c3c(oc4ccc(F)cc4c3=O)C(=O)N2CCN(C)C)cc1. The molecule has 29 heavy (non-hydrogen) atoms. The third kappa shape index (κ3) is 3.34. The second-order valence-electron chi connectivity index (χ2n) is 7.61. The first-order chi connectivity index (χ1) is 13.9. The summed E-state index contributed by atoms with van der Waals surface area (Å²) in [5.41, 5.74) is 2.17. The van der Waals surface area contributed by atoms with Gasteiger partial charge in [0.25, 0.3) is 5.91 Å². The normalized spacial score (nSPS) is 16.1. The zero-order valence-electron chi connectivity index (χ0n) is 16.7. The lowest BCUT2D eigenvalue weighted by atomic mass is 9.97. The van der Waals surface area contributed by atoms with Crippen molar-refractivity contribution in [1.29, 1.82) is 0 Å². The molecule has 2 heterocycles. The molecule has 0 radical (unpaired) electrons. The molecule has 1 aromatic heterocycles. The monoisotopic (exact) mass is 394 g/mol. The topological polar surface area (TPSA) is 53.8 Å². The summed E-state index contributed by atoms with van der Waals surface area (Å²) in [5.74, 6) is -0.769. The van der Waals surface area contributed by atoms with Crippen molar-refractivity contribution >= 4 is 16.9 Å². The summed E-state index contributed by atoms with van der Waals surface area (Å²) in [5, 5.41) is 0.154. The van der Waals surface area contributed by atoms with Crippen LogP contribution in [0.3, 0.4) is 0 Å². The summed E-state index contributed by atoms with van der Waals surface area (Å²) >= 11 is 0. The van der Waals surface area contributed by atoms with Gasteiger partial charge in [0.15, 0.2) is 5.43 Å². The molecule has 1 atom stereocenters. The summed E-state index contributed by atoms with van der Waals surface area (Å²) in [7, 11) is 3.86. The van der Waals surface area contributed by atoms with Crippen molar-refractivity contribution in [2.45, 2.75) is 19.4 Å². The Kier molecular flexibility index (Phi) is 4.96. The van der Waals surface area contributed by atoms with E-state index in [1.54, 1.807) is 4.90 Å². The highest BCUT2D eigenvalue weighted by Gasteiger charge is 2.42. The van der Waals surface area contributed by atoms with Crippen LogP contribution in [0, 0.1) is 5.82 Å². The van der Waals surface area contributed by atoms with Crippen LogP contribution in [0.5, 0.6) is 0 Å². The fourth-order valence-electron chi connectivity index (χ4n) is 3.81. The molecule has 0 fully saturated rings. The average molecular weight is 394 g/mol. The third-order valence-electron chi connectivity index (χ3n) is 5.42. The number of likely N-dealkylation sites (N-methyl/N-ethyl adjacent to an activating group) is 1. The van der Waals surface area contributed by atoms with Crippen LogP contribution in [0.15, 0.2) is 51.7 Å². The van der Waals surface area contributed by atoms with Crippen molar-refractivity contribution in [1.82, 2.24) is 9.80 Å². The third-order valence-corrected chi connectivity index (χ3v) is 5.42.